The first-order valence-electron chi connectivity index (χ1n) is 11.9. The number of para-hydroxylation sites is 1. The first-order valence-corrected chi connectivity index (χ1v) is 13.8. The third kappa shape index (κ3) is 14.6. The van der Waals surface area contributed by atoms with E-state index in [9.17, 15) is 27.9 Å². The molecule has 0 radical (unpaired) electrons. The van der Waals surface area contributed by atoms with Crippen molar-refractivity contribution in [2.24, 2.45) is 17.2 Å². The van der Waals surface area contributed by atoms with Crippen LogP contribution in [0.2, 0.25) is 0 Å². The Bertz CT molecular complexity index is 1310. The summed E-state index contributed by atoms with van der Waals surface area (Å²) in [7, 11) is -3.67. The van der Waals surface area contributed by atoms with E-state index in [1.165, 1.54) is 6.20 Å². The minimum atomic E-state index is -3.67. The molecule has 39 heavy (non-hydrogen) atoms. The molecular weight excluding hydrogens is 526 g/mol. The van der Waals surface area contributed by atoms with Gasteiger partial charge < -0.3 is 27.6 Å². The van der Waals surface area contributed by atoms with E-state index < -0.39 is 40.0 Å². The SMILES string of the molecule is CS(=O)(=O)O.NC(=O)c1cnc2ccccc2c1.NCCC[C@H](N)C(=O)N[C@H](CCc1ccccc1)C(=O)O. The largest absolute Gasteiger partial charge is 0.480 e. The van der Waals surface area contributed by atoms with Gasteiger partial charge in [-0.05, 0) is 49.9 Å². The monoisotopic (exact) mass is 561 g/mol. The molecule has 0 saturated carbocycles. The Morgan fingerprint density at radius 2 is 1.62 bits per heavy atom. The molecule has 3 aromatic rings. The summed E-state index contributed by atoms with van der Waals surface area (Å²) in [4.78, 5) is 38.0. The number of benzene rings is 2. The zero-order chi connectivity index (χ0) is 29.4. The molecule has 0 aliphatic rings. The van der Waals surface area contributed by atoms with Crippen LogP contribution in [0, 0.1) is 0 Å². The van der Waals surface area contributed by atoms with Crippen molar-refractivity contribution in [3.63, 3.8) is 0 Å². The van der Waals surface area contributed by atoms with Crippen LogP contribution in [0.25, 0.3) is 10.9 Å². The van der Waals surface area contributed by atoms with Crippen LogP contribution in [0.3, 0.4) is 0 Å². The number of nitrogens with two attached hydrogens (primary N) is 3. The Balaban J connectivity index is 0.000000355. The van der Waals surface area contributed by atoms with Gasteiger partial charge in [0.2, 0.25) is 11.8 Å². The normalized spacial score (nSPS) is 12.1. The number of carboxylic acids is 1. The zero-order valence-corrected chi connectivity index (χ0v) is 22.4. The number of aliphatic carboxylic acids is 1. The molecule has 0 aliphatic heterocycles. The highest BCUT2D eigenvalue weighted by Gasteiger charge is 2.22. The van der Waals surface area contributed by atoms with Crippen LogP contribution < -0.4 is 22.5 Å². The molecule has 12 nitrogen and oxygen atoms in total. The number of hydrogen-bond donors (Lipinski definition) is 6. The van der Waals surface area contributed by atoms with Gasteiger partial charge in [0.25, 0.3) is 10.1 Å². The third-order valence-corrected chi connectivity index (χ3v) is 5.11. The van der Waals surface area contributed by atoms with E-state index in [1.54, 1.807) is 6.07 Å². The summed E-state index contributed by atoms with van der Waals surface area (Å²) in [5.74, 6) is -1.94. The van der Waals surface area contributed by atoms with Crippen molar-refractivity contribution >= 4 is 38.8 Å². The number of nitrogens with zero attached hydrogens (tertiary/aromatic N) is 1. The number of carboxylic acid groups (broad SMARTS) is 1. The Kier molecular flexibility index (Phi) is 14.3. The Hall–Kier alpha value is -3.91. The van der Waals surface area contributed by atoms with Crippen LogP contribution in [0.15, 0.2) is 66.9 Å². The highest BCUT2D eigenvalue weighted by atomic mass is 32.2. The number of carbonyl (C=O) groups excluding carboxylic acids is 2. The van der Waals surface area contributed by atoms with Crippen molar-refractivity contribution in [1.82, 2.24) is 10.3 Å². The third-order valence-electron chi connectivity index (χ3n) is 5.11. The highest BCUT2D eigenvalue weighted by molar-refractivity contribution is 7.85. The summed E-state index contributed by atoms with van der Waals surface area (Å²) in [6.07, 6.45) is 4.20. The average Bonchev–Trinajstić information content (AvgIpc) is 2.89. The van der Waals surface area contributed by atoms with Crippen LogP contribution >= 0.6 is 0 Å². The smallest absolute Gasteiger partial charge is 0.326 e. The molecule has 212 valence electrons. The Morgan fingerprint density at radius 3 is 2.18 bits per heavy atom. The van der Waals surface area contributed by atoms with Crippen molar-refractivity contribution in [3.05, 3.63) is 78.0 Å². The van der Waals surface area contributed by atoms with Gasteiger partial charge >= 0.3 is 5.97 Å². The fourth-order valence-corrected chi connectivity index (χ4v) is 3.17. The van der Waals surface area contributed by atoms with Gasteiger partial charge in [0.1, 0.15) is 6.04 Å². The molecule has 2 aromatic carbocycles. The number of amides is 2. The van der Waals surface area contributed by atoms with Crippen LogP contribution in [0.4, 0.5) is 0 Å². The Labute approximate surface area is 227 Å². The van der Waals surface area contributed by atoms with Crippen molar-refractivity contribution < 1.29 is 32.5 Å². The lowest BCUT2D eigenvalue weighted by Gasteiger charge is -2.17. The first kappa shape index (κ1) is 33.1. The molecule has 0 fully saturated rings. The predicted octanol–water partition coefficient (Wildman–Crippen LogP) is 1.09. The summed E-state index contributed by atoms with van der Waals surface area (Å²) < 4.78 is 25.9. The van der Waals surface area contributed by atoms with E-state index in [1.807, 2.05) is 54.6 Å². The van der Waals surface area contributed by atoms with E-state index in [2.05, 4.69) is 10.3 Å². The number of fused-ring (bicyclic) bond motifs is 1. The summed E-state index contributed by atoms with van der Waals surface area (Å²) in [6.45, 7) is 0.456. The molecule has 0 unspecified atom stereocenters. The van der Waals surface area contributed by atoms with E-state index in [-0.39, 0.29) is 0 Å². The molecule has 9 N–H and O–H groups in total. The van der Waals surface area contributed by atoms with Crippen molar-refractivity contribution in [3.8, 4) is 0 Å². The van der Waals surface area contributed by atoms with Gasteiger partial charge in [0, 0.05) is 11.6 Å². The molecule has 1 aromatic heterocycles. The van der Waals surface area contributed by atoms with Gasteiger partial charge in [-0.15, -0.1) is 0 Å². The minimum absolute atomic E-state index is 0.328. The number of primary amides is 1. The maximum Gasteiger partial charge on any atom is 0.326 e. The molecule has 13 heteroatoms. The van der Waals surface area contributed by atoms with Gasteiger partial charge in [-0.25, -0.2) is 4.79 Å². The second-order valence-electron chi connectivity index (χ2n) is 8.48. The maximum atomic E-state index is 11.8. The topological polar surface area (TPSA) is 229 Å². The molecular formula is C26H35N5O7S. The lowest BCUT2D eigenvalue weighted by molar-refractivity contribution is -0.142. The van der Waals surface area contributed by atoms with Gasteiger partial charge in [0.15, 0.2) is 0 Å². The number of pyridine rings is 1. The number of aryl methyl sites for hydroxylation is 1. The maximum absolute atomic E-state index is 11.8. The van der Waals surface area contributed by atoms with Crippen LogP contribution in [-0.2, 0) is 26.1 Å². The first-order chi connectivity index (χ1) is 18.3. The standard InChI is InChI=1S/C15H23N3O3.C10H8N2O.CH4O3S/c16-10-4-7-12(17)14(19)18-13(15(20)21)9-8-11-5-2-1-3-6-11;11-10(13)8-5-7-3-1-2-4-9(7)12-6-8;1-5(2,3)4/h1-3,5-6,12-13H,4,7-10,16-17H2,(H,18,19)(H,20,21);1-6H,(H2,11,13);1H3,(H,2,3,4)/t12-,13+;;/m0../s1. The van der Waals surface area contributed by atoms with Gasteiger partial charge in [-0.1, -0.05) is 48.5 Å². The molecule has 0 bridgehead atoms. The van der Waals surface area contributed by atoms with Crippen LogP contribution in [-0.4, -0.2) is 65.7 Å². The fraction of sp³-hybridized carbons (Fsp3) is 0.308. The molecule has 1 heterocycles. The summed E-state index contributed by atoms with van der Waals surface area (Å²) >= 11 is 0. The molecule has 0 saturated heterocycles. The fourth-order valence-electron chi connectivity index (χ4n) is 3.17. The van der Waals surface area contributed by atoms with E-state index in [4.69, 9.17) is 21.8 Å². The summed E-state index contributed by atoms with van der Waals surface area (Å²) in [5.41, 5.74) is 18.5. The van der Waals surface area contributed by atoms with E-state index >= 15 is 0 Å². The number of nitrogens with one attached hydrogen (secondary N) is 1. The summed E-state index contributed by atoms with van der Waals surface area (Å²) in [5, 5.41) is 12.6. The molecule has 3 rings (SSSR count). The molecule has 0 spiro atoms. The Morgan fingerprint density at radius 1 is 1.03 bits per heavy atom. The number of hydrogen-bond acceptors (Lipinski definition) is 8. The van der Waals surface area contributed by atoms with Crippen molar-refractivity contribution in [2.75, 3.05) is 12.8 Å². The second kappa shape index (κ2) is 16.8. The molecule has 0 aliphatic carbocycles. The van der Waals surface area contributed by atoms with Gasteiger partial charge in [-0.2, -0.15) is 8.42 Å². The predicted molar refractivity (Wildman–Crippen MR) is 148 cm³/mol. The zero-order valence-electron chi connectivity index (χ0n) is 21.6. The van der Waals surface area contributed by atoms with Crippen LogP contribution in [0.1, 0.15) is 35.2 Å². The second-order valence-corrected chi connectivity index (χ2v) is 9.94. The quantitative estimate of drug-likeness (QED) is 0.193. The number of rotatable bonds is 10. The van der Waals surface area contributed by atoms with Crippen LogP contribution in [0.5, 0.6) is 0 Å². The highest BCUT2D eigenvalue weighted by Crippen LogP contribution is 2.12. The average molecular weight is 562 g/mol. The summed E-state index contributed by atoms with van der Waals surface area (Å²) in [6, 6.07) is 17.2. The van der Waals surface area contributed by atoms with Crippen molar-refractivity contribution in [1.29, 1.82) is 0 Å². The van der Waals surface area contributed by atoms with Crippen molar-refractivity contribution in [2.45, 2.75) is 37.8 Å². The molecule has 2 atom stereocenters. The number of aromatic nitrogens is 1. The number of carbonyl (C=O) groups is 3. The minimum Gasteiger partial charge on any atom is -0.480 e. The lowest BCUT2D eigenvalue weighted by Crippen LogP contribution is -2.48. The van der Waals surface area contributed by atoms with E-state index in [0.29, 0.717) is 44.0 Å². The van der Waals surface area contributed by atoms with Gasteiger partial charge in [0.05, 0.1) is 23.4 Å². The van der Waals surface area contributed by atoms with Gasteiger partial charge in [-0.3, -0.25) is 19.1 Å². The lowest BCUT2D eigenvalue weighted by atomic mass is 10.0. The molecule has 2 amide bonds. The van der Waals surface area contributed by atoms with E-state index in [0.717, 1.165) is 16.5 Å².